The van der Waals surface area contributed by atoms with Crippen LogP contribution in [0.5, 0.6) is 6.01 Å². The van der Waals surface area contributed by atoms with Gasteiger partial charge >= 0.3 is 36.3 Å². The van der Waals surface area contributed by atoms with Crippen molar-refractivity contribution in [2.45, 2.75) is 376 Å². The topological polar surface area (TPSA) is 378 Å². The Kier molecular flexibility index (Phi) is 50.4. The average Bonchev–Trinajstić information content (AvgIpc) is 1.64. The Morgan fingerprint density at radius 2 is 0.974 bits per heavy atom. The largest absolute Gasteiger partial charge is 0.480 e. The first kappa shape index (κ1) is 103. The number of unbranched alkanes of at least 4 members (excludes halogenated alkanes) is 26. The van der Waals surface area contributed by atoms with E-state index in [-0.39, 0.29) is 113 Å². The van der Waals surface area contributed by atoms with Gasteiger partial charge in [-0.1, -0.05) is 193 Å². The SMILES string of the molecule is CCCCCCCCCCCCCCCC(=O)OCC(CSC[C@H](NC(=O)OC(C)(C)C)C(=O)N[C@@H](CCC(=O)NCCCN(CCCCN(CNC(=O)OC(C)(C)C)C(=O)OC(C)(C)C)C(=O)OC(C)(C)C)C(=O)Nc1ccc(Cn2c(O)nc3c(N)nc(NCCCC)nc32)cc1)OC(=O)CCCCCCCCCCCCCCC. The molecular weight excluding hydrogens is 1520 g/mol. The minimum atomic E-state index is -1.40. The third-order valence-corrected chi connectivity index (χ3v) is 19.9. The van der Waals surface area contributed by atoms with Gasteiger partial charge in [-0.3, -0.25) is 33.4 Å². The molecule has 0 radical (unpaired) electrons. The van der Waals surface area contributed by atoms with Crippen LogP contribution in [0.25, 0.3) is 11.2 Å². The van der Waals surface area contributed by atoms with Crippen LogP contribution in [-0.4, -0.2) is 187 Å². The van der Waals surface area contributed by atoms with Gasteiger partial charge in [-0.25, -0.2) is 19.2 Å². The molecule has 0 fully saturated rings. The first-order valence-corrected chi connectivity index (χ1v) is 44.9. The number of ether oxygens (including phenoxy) is 6. The van der Waals surface area contributed by atoms with Crippen molar-refractivity contribution in [2.75, 3.05) is 73.9 Å². The van der Waals surface area contributed by atoms with Crippen LogP contribution >= 0.6 is 11.8 Å². The molecule has 0 bridgehead atoms. The maximum atomic E-state index is 14.9. The van der Waals surface area contributed by atoms with E-state index in [2.05, 4.69) is 67.6 Å². The average molecular weight is 1670 g/mol. The number of carbonyl (C=O) groups is 9. The molecule has 2 heterocycles. The summed E-state index contributed by atoms with van der Waals surface area (Å²) in [5.74, 6) is -2.54. The first-order valence-electron chi connectivity index (χ1n) is 43.8. The molecule has 0 aliphatic rings. The quantitative estimate of drug-likeness (QED) is 0.0113. The Hall–Kier alpha value is -8.05. The third-order valence-electron chi connectivity index (χ3n) is 18.7. The van der Waals surface area contributed by atoms with Gasteiger partial charge in [0.15, 0.2) is 17.0 Å². The molecule has 0 saturated carbocycles. The highest BCUT2D eigenvalue weighted by atomic mass is 32.2. The second-order valence-electron chi connectivity index (χ2n) is 34.6. The fourth-order valence-electron chi connectivity index (χ4n) is 12.5. The number of rotatable bonds is 60. The summed E-state index contributed by atoms with van der Waals surface area (Å²) in [6.45, 7) is 28.1. The Morgan fingerprint density at radius 1 is 0.496 bits per heavy atom. The van der Waals surface area contributed by atoms with Gasteiger partial charge in [-0.2, -0.15) is 26.7 Å². The molecule has 30 heteroatoms. The van der Waals surface area contributed by atoms with E-state index >= 15 is 0 Å². The molecule has 1 aromatic carbocycles. The van der Waals surface area contributed by atoms with E-state index in [9.17, 15) is 48.3 Å². The predicted molar refractivity (Wildman–Crippen MR) is 464 cm³/mol. The second kappa shape index (κ2) is 57.2. The molecular formula is C87H151N13O16S. The third kappa shape index (κ3) is 49.8. The molecule has 29 nitrogen and oxygen atoms in total. The zero-order valence-electron chi connectivity index (χ0n) is 74.1. The monoisotopic (exact) mass is 1670 g/mol. The molecule has 3 rings (SSSR count). The minimum Gasteiger partial charge on any atom is -0.480 e. The van der Waals surface area contributed by atoms with Crippen LogP contribution in [0.2, 0.25) is 0 Å². The lowest BCUT2D eigenvalue weighted by Gasteiger charge is -2.29. The number of nitrogens with zero attached hydrogens (tertiary/aromatic N) is 6. The maximum absolute atomic E-state index is 14.9. The molecule has 2 aromatic heterocycles. The lowest BCUT2D eigenvalue weighted by molar-refractivity contribution is -0.157. The fraction of sp³-hybridized carbons (Fsp3) is 0.770. The van der Waals surface area contributed by atoms with Gasteiger partial charge in [0, 0.05) is 69.2 Å². The Morgan fingerprint density at radius 3 is 1.50 bits per heavy atom. The number of esters is 2. The van der Waals surface area contributed by atoms with Gasteiger partial charge in [-0.05, 0) is 146 Å². The summed E-state index contributed by atoms with van der Waals surface area (Å²) in [6, 6.07) is 3.59. The summed E-state index contributed by atoms with van der Waals surface area (Å²) >= 11 is 1.16. The fourth-order valence-corrected chi connectivity index (χ4v) is 13.6. The van der Waals surface area contributed by atoms with Crippen molar-refractivity contribution in [2.24, 2.45) is 0 Å². The van der Waals surface area contributed by atoms with E-state index in [4.69, 9.17) is 34.2 Å². The summed E-state index contributed by atoms with van der Waals surface area (Å²) in [7, 11) is 0. The van der Waals surface area contributed by atoms with Crippen LogP contribution < -0.4 is 37.6 Å². The van der Waals surface area contributed by atoms with Crippen LogP contribution in [0.1, 0.15) is 334 Å². The van der Waals surface area contributed by atoms with Crippen LogP contribution in [0.3, 0.4) is 0 Å². The molecule has 3 aromatic rings. The van der Waals surface area contributed by atoms with Gasteiger partial charge in [0.05, 0.1) is 13.2 Å². The van der Waals surface area contributed by atoms with E-state index in [1.54, 1.807) is 107 Å². The highest BCUT2D eigenvalue weighted by molar-refractivity contribution is 7.99. The van der Waals surface area contributed by atoms with Crippen molar-refractivity contribution in [3.05, 3.63) is 29.8 Å². The summed E-state index contributed by atoms with van der Waals surface area (Å²) in [5, 5.41) is 28.0. The van der Waals surface area contributed by atoms with Crippen molar-refractivity contribution in [1.82, 2.24) is 50.6 Å². The molecule has 3 atom stereocenters. The van der Waals surface area contributed by atoms with Crippen molar-refractivity contribution in [1.29, 1.82) is 0 Å². The van der Waals surface area contributed by atoms with Crippen LogP contribution in [-0.2, 0) is 58.9 Å². The number of alkyl carbamates (subject to hydrolysis) is 2. The van der Waals surface area contributed by atoms with Gasteiger partial charge in [-0.15, -0.1) is 0 Å². The highest BCUT2D eigenvalue weighted by Gasteiger charge is 2.32. The number of nitrogens with one attached hydrogen (secondary N) is 6. The smallest absolute Gasteiger partial charge is 0.411 e. The van der Waals surface area contributed by atoms with Crippen molar-refractivity contribution < 1.29 is 76.7 Å². The standard InChI is InChI=1S/C87H151N13O16S/c1-16-19-22-24-26-28-30-32-34-36-38-40-42-47-71(102)111-61-67(112-72(103)48-43-41-39-37-35-33-31-29-27-25-23-20-17-2)62-117-63-69(94-81(108)114-85(7,8)9)77(105)93-68(76(104)92-66-51-49-65(50-52-66)60-100-75-73(95-79(100)106)74(88)96-78(97-75)90-55-21-18-3)53-54-70(101)89-56-46-59-98(82(109)115-86(10,11)12)57-44-45-58-99(83(110)116-87(13,14)15)64-91-80(107)113-84(4,5)6/h49-52,67-69H,16-48,53-64H2,1-15H3,(H,89,101)(H,91,107)(H,92,104)(H,93,105)(H,94,108)(H,95,106)(H3,88,90,96,97)/t67?,68-,69-/m0/s1. The summed E-state index contributed by atoms with van der Waals surface area (Å²) in [5.41, 5.74) is 4.36. The Bertz CT molecular complexity index is 3370. The molecule has 0 aliphatic carbocycles. The van der Waals surface area contributed by atoms with E-state index in [0.29, 0.717) is 49.1 Å². The molecule has 9 N–H and O–H groups in total. The normalized spacial score (nSPS) is 12.5. The van der Waals surface area contributed by atoms with E-state index in [1.165, 1.54) is 124 Å². The Labute approximate surface area is 703 Å². The second-order valence-corrected chi connectivity index (χ2v) is 35.7. The van der Waals surface area contributed by atoms with Gasteiger partial charge in [0.1, 0.15) is 47.2 Å². The maximum Gasteiger partial charge on any atom is 0.411 e. The molecule has 0 saturated heterocycles. The van der Waals surface area contributed by atoms with E-state index < -0.39 is 94.6 Å². The number of amides is 7. The number of nitrogen functional groups attached to an aromatic ring is 1. The summed E-state index contributed by atoms with van der Waals surface area (Å²) in [6.07, 6.45) is 29.0. The summed E-state index contributed by atoms with van der Waals surface area (Å²) < 4.78 is 35.7. The molecule has 0 aliphatic heterocycles. The zero-order chi connectivity index (χ0) is 86.7. The van der Waals surface area contributed by atoms with Gasteiger partial charge in [0.25, 0.3) is 6.01 Å². The number of thioether (sulfide) groups is 1. The first-order chi connectivity index (χ1) is 55.5. The molecule has 0 spiro atoms. The van der Waals surface area contributed by atoms with Crippen molar-refractivity contribution >= 4 is 94.4 Å². The minimum absolute atomic E-state index is 0.0622. The van der Waals surface area contributed by atoms with Crippen molar-refractivity contribution in [3.8, 4) is 6.01 Å². The predicted octanol–water partition coefficient (Wildman–Crippen LogP) is 17.9. The number of fused-ring (bicyclic) bond motifs is 1. The number of hydrogen-bond donors (Lipinski definition) is 8. The van der Waals surface area contributed by atoms with E-state index in [1.807, 2.05) is 0 Å². The number of aromatic nitrogens is 4. The van der Waals surface area contributed by atoms with Crippen molar-refractivity contribution in [3.63, 3.8) is 0 Å². The Balaban J connectivity index is 1.88. The lowest BCUT2D eigenvalue weighted by Crippen LogP contribution is -2.54. The molecule has 117 heavy (non-hydrogen) atoms. The zero-order valence-corrected chi connectivity index (χ0v) is 74.9. The number of hydrogen-bond acceptors (Lipinski definition) is 22. The number of imidazole rings is 1. The number of nitrogens with two attached hydrogens (primary N) is 1. The molecule has 1 unspecified atom stereocenters. The number of anilines is 3. The van der Waals surface area contributed by atoms with Gasteiger partial charge < -0.3 is 76.1 Å². The van der Waals surface area contributed by atoms with E-state index in [0.717, 1.165) is 69.5 Å². The van der Waals surface area contributed by atoms with Crippen LogP contribution in [0, 0.1) is 0 Å². The lowest BCUT2D eigenvalue weighted by atomic mass is 10.0. The van der Waals surface area contributed by atoms with Crippen LogP contribution in [0.15, 0.2) is 24.3 Å². The van der Waals surface area contributed by atoms with Gasteiger partial charge in [0.2, 0.25) is 23.7 Å². The van der Waals surface area contributed by atoms with Crippen LogP contribution in [0.4, 0.5) is 36.6 Å². The number of carbonyl (C=O) groups excluding carboxylic acids is 9. The molecule has 666 valence electrons. The molecule has 7 amide bonds. The number of aromatic hydroxyl groups is 1. The number of benzene rings is 1. The summed E-state index contributed by atoms with van der Waals surface area (Å²) in [4.78, 5) is 140. The highest BCUT2D eigenvalue weighted by Crippen LogP contribution is 2.27.